The minimum atomic E-state index is 0.662. The van der Waals surface area contributed by atoms with E-state index in [2.05, 4.69) is 51.2 Å². The SMILES string of the molecule is CNCC(C)CN(C)Cc1cncc(Br)c1. The van der Waals surface area contributed by atoms with E-state index < -0.39 is 0 Å². The van der Waals surface area contributed by atoms with Crippen molar-refractivity contribution in [2.24, 2.45) is 5.92 Å². The molecule has 0 spiro atoms. The maximum Gasteiger partial charge on any atom is 0.0410 e. The first-order chi connectivity index (χ1) is 7.61. The molecule has 0 amide bonds. The molecular formula is C12H20BrN3. The van der Waals surface area contributed by atoms with Gasteiger partial charge in [0, 0.05) is 30.0 Å². The molecule has 0 fully saturated rings. The molecule has 0 aliphatic carbocycles. The summed E-state index contributed by atoms with van der Waals surface area (Å²) in [5.74, 6) is 0.662. The summed E-state index contributed by atoms with van der Waals surface area (Å²) < 4.78 is 1.04. The Balaban J connectivity index is 2.42. The first-order valence-electron chi connectivity index (χ1n) is 5.54. The quantitative estimate of drug-likeness (QED) is 0.868. The number of nitrogens with one attached hydrogen (secondary N) is 1. The molecule has 4 heteroatoms. The second-order valence-electron chi connectivity index (χ2n) is 4.37. The van der Waals surface area contributed by atoms with Gasteiger partial charge in [0.2, 0.25) is 0 Å². The van der Waals surface area contributed by atoms with Crippen molar-refractivity contribution in [3.05, 3.63) is 28.5 Å². The summed E-state index contributed by atoms with van der Waals surface area (Å²) >= 11 is 3.44. The van der Waals surface area contributed by atoms with E-state index in [0.717, 1.165) is 24.1 Å². The van der Waals surface area contributed by atoms with Crippen molar-refractivity contribution < 1.29 is 0 Å². The first-order valence-corrected chi connectivity index (χ1v) is 6.33. The largest absolute Gasteiger partial charge is 0.319 e. The standard InChI is InChI=1S/C12H20BrN3/c1-10(5-14-2)8-16(3)9-11-4-12(13)7-15-6-11/h4,6-7,10,14H,5,8-9H2,1-3H3. The van der Waals surface area contributed by atoms with E-state index in [1.54, 1.807) is 0 Å². The van der Waals surface area contributed by atoms with Crippen LogP contribution in [0.25, 0.3) is 0 Å². The zero-order valence-electron chi connectivity index (χ0n) is 10.2. The van der Waals surface area contributed by atoms with E-state index in [1.165, 1.54) is 5.56 Å². The van der Waals surface area contributed by atoms with Crippen LogP contribution in [-0.4, -0.2) is 37.1 Å². The second-order valence-corrected chi connectivity index (χ2v) is 5.29. The summed E-state index contributed by atoms with van der Waals surface area (Å²) in [6, 6.07) is 2.12. The Morgan fingerprint density at radius 3 is 2.88 bits per heavy atom. The molecule has 1 unspecified atom stereocenters. The van der Waals surface area contributed by atoms with E-state index in [9.17, 15) is 0 Å². The summed E-state index contributed by atoms with van der Waals surface area (Å²) in [4.78, 5) is 6.49. The van der Waals surface area contributed by atoms with Gasteiger partial charge in [0.25, 0.3) is 0 Å². The van der Waals surface area contributed by atoms with Crippen LogP contribution in [0.3, 0.4) is 0 Å². The molecule has 16 heavy (non-hydrogen) atoms. The normalized spacial score (nSPS) is 13.1. The third-order valence-corrected chi connectivity index (χ3v) is 2.82. The summed E-state index contributed by atoms with van der Waals surface area (Å²) in [6.07, 6.45) is 3.73. The molecule has 0 saturated heterocycles. The molecule has 0 saturated carbocycles. The molecule has 0 aliphatic rings. The Morgan fingerprint density at radius 2 is 2.25 bits per heavy atom. The molecule has 1 atom stereocenters. The third kappa shape index (κ3) is 5.05. The Morgan fingerprint density at radius 1 is 1.50 bits per heavy atom. The van der Waals surface area contributed by atoms with Gasteiger partial charge in [-0.3, -0.25) is 4.98 Å². The van der Waals surface area contributed by atoms with Crippen LogP contribution in [-0.2, 0) is 6.54 Å². The predicted octanol–water partition coefficient (Wildman–Crippen LogP) is 2.13. The fraction of sp³-hybridized carbons (Fsp3) is 0.583. The van der Waals surface area contributed by atoms with Crippen molar-refractivity contribution in [2.45, 2.75) is 13.5 Å². The second kappa shape index (κ2) is 6.99. The minimum absolute atomic E-state index is 0.662. The number of rotatable bonds is 6. The van der Waals surface area contributed by atoms with Gasteiger partial charge in [-0.05, 0) is 54.1 Å². The van der Waals surface area contributed by atoms with Crippen LogP contribution < -0.4 is 5.32 Å². The van der Waals surface area contributed by atoms with E-state index in [1.807, 2.05) is 19.4 Å². The molecule has 90 valence electrons. The van der Waals surface area contributed by atoms with Crippen molar-refractivity contribution in [3.8, 4) is 0 Å². The highest BCUT2D eigenvalue weighted by Gasteiger charge is 2.06. The van der Waals surface area contributed by atoms with Crippen molar-refractivity contribution in [1.29, 1.82) is 0 Å². The lowest BCUT2D eigenvalue weighted by atomic mass is 10.1. The molecule has 0 aliphatic heterocycles. The first kappa shape index (κ1) is 13.6. The average Bonchev–Trinajstić information content (AvgIpc) is 2.17. The van der Waals surface area contributed by atoms with Crippen LogP contribution in [0.15, 0.2) is 22.9 Å². The summed E-state index contributed by atoms with van der Waals surface area (Å²) in [5, 5.41) is 3.20. The van der Waals surface area contributed by atoms with Gasteiger partial charge in [-0.1, -0.05) is 6.92 Å². The lowest BCUT2D eigenvalue weighted by Gasteiger charge is -2.21. The van der Waals surface area contributed by atoms with Crippen LogP contribution in [0.5, 0.6) is 0 Å². The molecule has 0 aromatic carbocycles. The Kier molecular flexibility index (Phi) is 5.95. The average molecular weight is 286 g/mol. The van der Waals surface area contributed by atoms with Gasteiger partial charge < -0.3 is 10.2 Å². The molecule has 1 aromatic heterocycles. The fourth-order valence-corrected chi connectivity index (χ4v) is 2.28. The summed E-state index contributed by atoms with van der Waals surface area (Å²) in [5.41, 5.74) is 1.24. The van der Waals surface area contributed by atoms with Crippen LogP contribution in [0.4, 0.5) is 0 Å². The maximum absolute atomic E-state index is 4.17. The zero-order chi connectivity index (χ0) is 12.0. The smallest absolute Gasteiger partial charge is 0.0410 e. The highest BCUT2D eigenvalue weighted by molar-refractivity contribution is 9.10. The Hall–Kier alpha value is -0.450. The number of nitrogens with zero attached hydrogens (tertiary/aromatic N) is 2. The Labute approximate surface area is 106 Å². The van der Waals surface area contributed by atoms with E-state index >= 15 is 0 Å². The van der Waals surface area contributed by atoms with Crippen molar-refractivity contribution in [2.75, 3.05) is 27.2 Å². The van der Waals surface area contributed by atoms with Crippen molar-refractivity contribution in [1.82, 2.24) is 15.2 Å². The van der Waals surface area contributed by atoms with Gasteiger partial charge in [0.05, 0.1) is 0 Å². The van der Waals surface area contributed by atoms with Crippen LogP contribution in [0, 0.1) is 5.92 Å². The van der Waals surface area contributed by atoms with Gasteiger partial charge in [0.15, 0.2) is 0 Å². The monoisotopic (exact) mass is 285 g/mol. The number of aromatic nitrogens is 1. The number of hydrogen-bond acceptors (Lipinski definition) is 3. The molecule has 0 bridgehead atoms. The van der Waals surface area contributed by atoms with E-state index in [4.69, 9.17) is 0 Å². The van der Waals surface area contributed by atoms with E-state index in [-0.39, 0.29) is 0 Å². The molecule has 0 radical (unpaired) electrons. The van der Waals surface area contributed by atoms with E-state index in [0.29, 0.717) is 5.92 Å². The molecular weight excluding hydrogens is 266 g/mol. The molecule has 3 nitrogen and oxygen atoms in total. The fourth-order valence-electron chi connectivity index (χ4n) is 1.86. The molecule has 1 aromatic rings. The molecule has 1 heterocycles. The maximum atomic E-state index is 4.17. The van der Waals surface area contributed by atoms with Gasteiger partial charge in [-0.25, -0.2) is 0 Å². The van der Waals surface area contributed by atoms with Crippen LogP contribution in [0.1, 0.15) is 12.5 Å². The molecule has 1 rings (SSSR count). The number of halogens is 1. The number of pyridine rings is 1. The molecule has 1 N–H and O–H groups in total. The van der Waals surface area contributed by atoms with Crippen molar-refractivity contribution in [3.63, 3.8) is 0 Å². The van der Waals surface area contributed by atoms with Gasteiger partial charge in [-0.15, -0.1) is 0 Å². The minimum Gasteiger partial charge on any atom is -0.319 e. The lowest BCUT2D eigenvalue weighted by molar-refractivity contribution is 0.276. The highest BCUT2D eigenvalue weighted by Crippen LogP contribution is 2.11. The highest BCUT2D eigenvalue weighted by atomic mass is 79.9. The van der Waals surface area contributed by atoms with Crippen LogP contribution in [0.2, 0.25) is 0 Å². The third-order valence-electron chi connectivity index (χ3n) is 2.39. The van der Waals surface area contributed by atoms with Crippen molar-refractivity contribution >= 4 is 15.9 Å². The number of hydrogen-bond donors (Lipinski definition) is 1. The predicted molar refractivity (Wildman–Crippen MR) is 71.4 cm³/mol. The van der Waals surface area contributed by atoms with Gasteiger partial charge in [-0.2, -0.15) is 0 Å². The summed E-state index contributed by atoms with van der Waals surface area (Å²) in [6.45, 7) is 5.35. The Bertz CT molecular complexity index is 317. The topological polar surface area (TPSA) is 28.2 Å². The summed E-state index contributed by atoms with van der Waals surface area (Å²) in [7, 11) is 4.14. The lowest BCUT2D eigenvalue weighted by Crippen LogP contribution is -2.29. The zero-order valence-corrected chi connectivity index (χ0v) is 11.8. The van der Waals surface area contributed by atoms with Gasteiger partial charge >= 0.3 is 0 Å². The van der Waals surface area contributed by atoms with Crippen LogP contribution >= 0.6 is 15.9 Å². The van der Waals surface area contributed by atoms with Gasteiger partial charge in [0.1, 0.15) is 0 Å².